The Morgan fingerprint density at radius 1 is 1.25 bits per heavy atom. The molecule has 1 aromatic carbocycles. The van der Waals surface area contributed by atoms with Crippen LogP contribution in [0, 0.1) is 5.92 Å². The molecule has 2 N–H and O–H groups in total. The number of ether oxygens (including phenoxy) is 1. The fourth-order valence-electron chi connectivity index (χ4n) is 3.33. The minimum absolute atomic E-state index is 0.426. The van der Waals surface area contributed by atoms with Gasteiger partial charge in [-0.2, -0.15) is 0 Å². The van der Waals surface area contributed by atoms with Gasteiger partial charge in [-0.05, 0) is 45.0 Å². The fraction of sp³-hybridized carbons (Fsp3) is 0.625. The molecule has 110 valence electrons. The summed E-state index contributed by atoms with van der Waals surface area (Å²) in [5.74, 6) is 0.713. The topological polar surface area (TPSA) is 36.5 Å². The molecule has 2 heterocycles. The molecule has 1 atom stereocenters. The zero-order valence-electron chi connectivity index (χ0n) is 12.3. The SMILES string of the molecule is CCOCCN1c2ccccc2NC1C1CCNCC1. The first-order valence-corrected chi connectivity index (χ1v) is 7.81. The molecular formula is C16H25N3O. The van der Waals surface area contributed by atoms with E-state index in [0.717, 1.165) is 32.8 Å². The molecular weight excluding hydrogens is 250 g/mol. The van der Waals surface area contributed by atoms with E-state index in [4.69, 9.17) is 4.74 Å². The highest BCUT2D eigenvalue weighted by atomic mass is 16.5. The smallest absolute Gasteiger partial charge is 0.102 e. The van der Waals surface area contributed by atoms with Crippen molar-refractivity contribution in [2.45, 2.75) is 25.9 Å². The largest absolute Gasteiger partial charge is 0.380 e. The molecule has 0 aromatic heterocycles. The molecule has 20 heavy (non-hydrogen) atoms. The van der Waals surface area contributed by atoms with Crippen molar-refractivity contribution in [3.8, 4) is 0 Å². The Morgan fingerprint density at radius 2 is 2.05 bits per heavy atom. The summed E-state index contributed by atoms with van der Waals surface area (Å²) >= 11 is 0. The predicted molar refractivity (Wildman–Crippen MR) is 83.3 cm³/mol. The molecule has 0 bridgehead atoms. The van der Waals surface area contributed by atoms with Crippen molar-refractivity contribution >= 4 is 11.4 Å². The highest BCUT2D eigenvalue weighted by Crippen LogP contribution is 2.38. The molecule has 4 nitrogen and oxygen atoms in total. The van der Waals surface area contributed by atoms with E-state index in [2.05, 4.69) is 46.7 Å². The third-order valence-electron chi connectivity index (χ3n) is 4.36. The first-order chi connectivity index (χ1) is 9.90. The van der Waals surface area contributed by atoms with Gasteiger partial charge in [0.1, 0.15) is 6.17 Å². The number of hydrogen-bond donors (Lipinski definition) is 2. The zero-order valence-corrected chi connectivity index (χ0v) is 12.3. The Morgan fingerprint density at radius 3 is 2.85 bits per heavy atom. The van der Waals surface area contributed by atoms with Crippen LogP contribution in [0.3, 0.4) is 0 Å². The lowest BCUT2D eigenvalue weighted by Gasteiger charge is -2.35. The second kappa shape index (κ2) is 6.46. The number of nitrogens with zero attached hydrogens (tertiary/aromatic N) is 1. The van der Waals surface area contributed by atoms with Crippen LogP contribution in [-0.2, 0) is 4.74 Å². The highest BCUT2D eigenvalue weighted by molar-refractivity contribution is 5.76. The quantitative estimate of drug-likeness (QED) is 0.808. The minimum Gasteiger partial charge on any atom is -0.380 e. The van der Waals surface area contributed by atoms with Crippen LogP contribution in [0.4, 0.5) is 11.4 Å². The van der Waals surface area contributed by atoms with E-state index < -0.39 is 0 Å². The van der Waals surface area contributed by atoms with Crippen molar-refractivity contribution in [3.05, 3.63) is 24.3 Å². The summed E-state index contributed by atoms with van der Waals surface area (Å²) in [6.07, 6.45) is 2.92. The third-order valence-corrected chi connectivity index (χ3v) is 4.36. The zero-order chi connectivity index (χ0) is 13.8. The monoisotopic (exact) mass is 275 g/mol. The summed E-state index contributed by atoms with van der Waals surface area (Å²) in [7, 11) is 0. The summed E-state index contributed by atoms with van der Waals surface area (Å²) in [4.78, 5) is 2.50. The van der Waals surface area contributed by atoms with Gasteiger partial charge < -0.3 is 20.3 Å². The normalized spacial score (nSPS) is 22.6. The molecule has 0 radical (unpaired) electrons. The average Bonchev–Trinajstić information content (AvgIpc) is 2.87. The first-order valence-electron chi connectivity index (χ1n) is 7.81. The fourth-order valence-corrected chi connectivity index (χ4v) is 3.33. The summed E-state index contributed by atoms with van der Waals surface area (Å²) < 4.78 is 5.56. The van der Waals surface area contributed by atoms with Crippen LogP contribution in [0.1, 0.15) is 19.8 Å². The van der Waals surface area contributed by atoms with E-state index in [1.807, 2.05) is 0 Å². The Bertz CT molecular complexity index is 431. The van der Waals surface area contributed by atoms with E-state index in [9.17, 15) is 0 Å². The van der Waals surface area contributed by atoms with Crippen LogP contribution in [0.5, 0.6) is 0 Å². The molecule has 0 spiro atoms. The van der Waals surface area contributed by atoms with Crippen molar-refractivity contribution in [1.82, 2.24) is 5.32 Å². The van der Waals surface area contributed by atoms with E-state index >= 15 is 0 Å². The van der Waals surface area contributed by atoms with Gasteiger partial charge in [0.2, 0.25) is 0 Å². The van der Waals surface area contributed by atoms with Gasteiger partial charge in [-0.15, -0.1) is 0 Å². The molecule has 1 unspecified atom stereocenters. The second-order valence-corrected chi connectivity index (χ2v) is 5.58. The molecule has 0 saturated carbocycles. The lowest BCUT2D eigenvalue weighted by molar-refractivity contribution is 0.151. The van der Waals surface area contributed by atoms with E-state index in [1.165, 1.54) is 24.2 Å². The minimum atomic E-state index is 0.426. The highest BCUT2D eigenvalue weighted by Gasteiger charge is 2.34. The number of fused-ring (bicyclic) bond motifs is 1. The standard InChI is InChI=1S/C16H25N3O/c1-2-20-12-11-19-15-6-4-3-5-14(15)18-16(19)13-7-9-17-10-8-13/h3-6,13,16-18H,2,7-12H2,1H3. The summed E-state index contributed by atoms with van der Waals surface area (Å²) in [6, 6.07) is 8.63. The van der Waals surface area contributed by atoms with Gasteiger partial charge >= 0.3 is 0 Å². The maximum absolute atomic E-state index is 5.56. The number of benzene rings is 1. The lowest BCUT2D eigenvalue weighted by Crippen LogP contribution is -2.46. The van der Waals surface area contributed by atoms with Gasteiger partial charge in [-0.25, -0.2) is 0 Å². The van der Waals surface area contributed by atoms with Crippen LogP contribution in [0.25, 0.3) is 0 Å². The first kappa shape index (κ1) is 13.7. The average molecular weight is 275 g/mol. The van der Waals surface area contributed by atoms with Crippen molar-refractivity contribution < 1.29 is 4.74 Å². The van der Waals surface area contributed by atoms with Gasteiger partial charge in [0.15, 0.2) is 0 Å². The van der Waals surface area contributed by atoms with Gasteiger partial charge in [0.05, 0.1) is 18.0 Å². The second-order valence-electron chi connectivity index (χ2n) is 5.58. The van der Waals surface area contributed by atoms with Crippen LogP contribution < -0.4 is 15.5 Å². The van der Waals surface area contributed by atoms with E-state index in [1.54, 1.807) is 0 Å². The van der Waals surface area contributed by atoms with Crippen molar-refractivity contribution in [3.63, 3.8) is 0 Å². The van der Waals surface area contributed by atoms with Gasteiger partial charge in [-0.3, -0.25) is 0 Å². The molecule has 0 aliphatic carbocycles. The van der Waals surface area contributed by atoms with Gasteiger partial charge in [0.25, 0.3) is 0 Å². The third kappa shape index (κ3) is 2.76. The van der Waals surface area contributed by atoms with Gasteiger partial charge in [0, 0.05) is 19.1 Å². The van der Waals surface area contributed by atoms with Crippen LogP contribution >= 0.6 is 0 Å². The van der Waals surface area contributed by atoms with Crippen molar-refractivity contribution in [2.75, 3.05) is 43.1 Å². The summed E-state index contributed by atoms with van der Waals surface area (Å²) in [5, 5.41) is 7.18. The van der Waals surface area contributed by atoms with E-state index in [-0.39, 0.29) is 0 Å². The molecule has 0 amide bonds. The number of piperidine rings is 1. The number of nitrogens with one attached hydrogen (secondary N) is 2. The van der Waals surface area contributed by atoms with Crippen LogP contribution in [-0.4, -0.2) is 39.0 Å². The van der Waals surface area contributed by atoms with Crippen LogP contribution in [0.2, 0.25) is 0 Å². The van der Waals surface area contributed by atoms with Crippen molar-refractivity contribution in [2.24, 2.45) is 5.92 Å². The summed E-state index contributed by atoms with van der Waals surface area (Å²) in [6.45, 7) is 6.89. The predicted octanol–water partition coefficient (Wildman–Crippen LogP) is 2.28. The molecule has 4 heteroatoms. The number of anilines is 2. The Kier molecular flexibility index (Phi) is 4.43. The maximum Gasteiger partial charge on any atom is 0.102 e. The molecule has 1 saturated heterocycles. The molecule has 3 rings (SSSR count). The van der Waals surface area contributed by atoms with E-state index in [0.29, 0.717) is 12.1 Å². The van der Waals surface area contributed by atoms with Gasteiger partial charge in [-0.1, -0.05) is 12.1 Å². The number of hydrogen-bond acceptors (Lipinski definition) is 4. The Balaban J connectivity index is 1.75. The Hall–Kier alpha value is -1.26. The molecule has 2 aliphatic heterocycles. The summed E-state index contributed by atoms with van der Waals surface area (Å²) in [5.41, 5.74) is 2.60. The number of para-hydroxylation sites is 2. The molecule has 1 fully saturated rings. The maximum atomic E-state index is 5.56. The number of rotatable bonds is 5. The van der Waals surface area contributed by atoms with Crippen LogP contribution in [0.15, 0.2) is 24.3 Å². The Labute approximate surface area is 121 Å². The molecule has 2 aliphatic rings. The molecule has 1 aromatic rings. The lowest BCUT2D eigenvalue weighted by atomic mass is 9.94. The van der Waals surface area contributed by atoms with Crippen molar-refractivity contribution in [1.29, 1.82) is 0 Å².